The van der Waals surface area contributed by atoms with E-state index in [1.807, 2.05) is 6.92 Å². The van der Waals surface area contributed by atoms with Crippen LogP contribution in [0, 0.1) is 12.3 Å². The lowest BCUT2D eigenvalue weighted by Crippen LogP contribution is -2.45. The molecular weight excluding hydrogens is 387 g/mol. The summed E-state index contributed by atoms with van der Waals surface area (Å²) < 4.78 is 55.1. The van der Waals surface area contributed by atoms with Crippen LogP contribution in [0.1, 0.15) is 29.9 Å². The molecule has 0 unspecified atom stereocenters. The molecule has 0 atom stereocenters. The Balaban J connectivity index is 1.66. The fraction of sp³-hybridized carbons (Fsp3) is 0.381. The van der Waals surface area contributed by atoms with Crippen molar-refractivity contribution >= 4 is 11.6 Å². The number of nitrogens with one attached hydrogen (secondary N) is 1. The molecule has 2 aromatic rings. The first-order valence-corrected chi connectivity index (χ1v) is 8.99. The van der Waals surface area contributed by atoms with Gasteiger partial charge in [-0.15, -0.1) is 0 Å². The van der Waals surface area contributed by atoms with Crippen LogP contribution in [0.3, 0.4) is 0 Å². The average molecular weight is 409 g/mol. The minimum absolute atomic E-state index is 0.00888. The number of carbonyl (C=O) groups is 1. The number of aryl methyl sites for hydroxylation is 1. The second kappa shape index (κ2) is 8.04. The third kappa shape index (κ3) is 4.71. The highest BCUT2D eigenvalue weighted by Crippen LogP contribution is 2.36. The van der Waals surface area contributed by atoms with Crippen LogP contribution >= 0.6 is 0 Å². The summed E-state index contributed by atoms with van der Waals surface area (Å²) >= 11 is 0. The molecule has 1 aliphatic heterocycles. The summed E-state index contributed by atoms with van der Waals surface area (Å²) in [5.41, 5.74) is -0.0285. The Morgan fingerprint density at radius 1 is 1.17 bits per heavy atom. The van der Waals surface area contributed by atoms with E-state index in [4.69, 9.17) is 14.2 Å². The molecule has 0 bridgehead atoms. The van der Waals surface area contributed by atoms with Crippen molar-refractivity contribution in [3.05, 3.63) is 59.2 Å². The van der Waals surface area contributed by atoms with Gasteiger partial charge < -0.3 is 19.5 Å². The van der Waals surface area contributed by atoms with Crippen LogP contribution in [-0.2, 0) is 20.4 Å². The van der Waals surface area contributed by atoms with E-state index in [1.54, 1.807) is 32.2 Å². The maximum absolute atomic E-state index is 12.9. The Morgan fingerprint density at radius 3 is 2.45 bits per heavy atom. The molecule has 8 heteroatoms. The lowest BCUT2D eigenvalue weighted by molar-refractivity contribution is -0.226. The SMILES string of the molecule is COc1ccc(NC(=O)C2(C)COC(c3cccc(C(F)(F)F)c3)OC2)c(C)c1. The molecule has 1 fully saturated rings. The molecule has 2 aromatic carbocycles. The van der Waals surface area contributed by atoms with Gasteiger partial charge in [0.25, 0.3) is 0 Å². The number of methoxy groups -OCH3 is 1. The van der Waals surface area contributed by atoms with Crippen LogP contribution < -0.4 is 10.1 Å². The molecule has 1 N–H and O–H groups in total. The maximum atomic E-state index is 12.9. The smallest absolute Gasteiger partial charge is 0.416 e. The summed E-state index contributed by atoms with van der Waals surface area (Å²) in [6.07, 6.45) is -5.41. The third-order valence-electron chi connectivity index (χ3n) is 4.82. The first kappa shape index (κ1) is 21.1. The summed E-state index contributed by atoms with van der Waals surface area (Å²) in [6.45, 7) is 3.55. The van der Waals surface area contributed by atoms with Crippen molar-refractivity contribution in [3.8, 4) is 5.75 Å². The van der Waals surface area contributed by atoms with Crippen molar-refractivity contribution in [1.29, 1.82) is 0 Å². The van der Waals surface area contributed by atoms with E-state index in [9.17, 15) is 18.0 Å². The quantitative estimate of drug-likeness (QED) is 0.795. The first-order valence-electron chi connectivity index (χ1n) is 8.99. The zero-order valence-corrected chi connectivity index (χ0v) is 16.3. The molecule has 5 nitrogen and oxygen atoms in total. The fourth-order valence-corrected chi connectivity index (χ4v) is 2.97. The molecule has 1 aliphatic rings. The number of hydrogen-bond donors (Lipinski definition) is 1. The number of anilines is 1. The van der Waals surface area contributed by atoms with Gasteiger partial charge in [0.2, 0.25) is 5.91 Å². The summed E-state index contributed by atoms with van der Waals surface area (Å²) in [4.78, 5) is 12.8. The van der Waals surface area contributed by atoms with Crippen LogP contribution in [0.15, 0.2) is 42.5 Å². The number of hydrogen-bond acceptors (Lipinski definition) is 4. The maximum Gasteiger partial charge on any atom is 0.416 e. The minimum Gasteiger partial charge on any atom is -0.497 e. The minimum atomic E-state index is -4.45. The molecule has 0 aliphatic carbocycles. The number of carbonyl (C=O) groups excluding carboxylic acids is 1. The van der Waals surface area contributed by atoms with E-state index in [-0.39, 0.29) is 24.7 Å². The highest BCUT2D eigenvalue weighted by Gasteiger charge is 2.40. The van der Waals surface area contributed by atoms with E-state index in [0.717, 1.165) is 17.7 Å². The van der Waals surface area contributed by atoms with Gasteiger partial charge in [-0.2, -0.15) is 13.2 Å². The van der Waals surface area contributed by atoms with Gasteiger partial charge in [-0.25, -0.2) is 0 Å². The van der Waals surface area contributed by atoms with Gasteiger partial charge in [0.15, 0.2) is 6.29 Å². The molecule has 1 saturated heterocycles. The summed E-state index contributed by atoms with van der Waals surface area (Å²) in [6, 6.07) is 10.1. The Hall–Kier alpha value is -2.58. The van der Waals surface area contributed by atoms with E-state index in [1.165, 1.54) is 12.1 Å². The molecule has 1 amide bonds. The van der Waals surface area contributed by atoms with E-state index < -0.39 is 23.4 Å². The number of rotatable bonds is 4. The third-order valence-corrected chi connectivity index (χ3v) is 4.82. The molecule has 0 aromatic heterocycles. The predicted octanol–water partition coefficient (Wildman–Crippen LogP) is 4.71. The predicted molar refractivity (Wildman–Crippen MR) is 101 cm³/mol. The Labute approximate surface area is 166 Å². The Kier molecular flexibility index (Phi) is 5.86. The van der Waals surface area contributed by atoms with Crippen molar-refractivity contribution in [2.24, 2.45) is 5.41 Å². The number of benzene rings is 2. The highest BCUT2D eigenvalue weighted by atomic mass is 19.4. The van der Waals surface area contributed by atoms with Crippen molar-refractivity contribution in [1.82, 2.24) is 0 Å². The molecule has 29 heavy (non-hydrogen) atoms. The van der Waals surface area contributed by atoms with Crippen LogP contribution in [0.4, 0.5) is 18.9 Å². The van der Waals surface area contributed by atoms with Crippen molar-refractivity contribution < 1.29 is 32.2 Å². The lowest BCUT2D eigenvalue weighted by Gasteiger charge is -2.36. The summed E-state index contributed by atoms with van der Waals surface area (Å²) in [5.74, 6) is 0.383. The molecule has 0 radical (unpaired) electrons. The zero-order chi connectivity index (χ0) is 21.2. The monoisotopic (exact) mass is 409 g/mol. The molecule has 0 spiro atoms. The molecule has 0 saturated carbocycles. The van der Waals surface area contributed by atoms with Crippen LogP contribution in [-0.4, -0.2) is 26.2 Å². The lowest BCUT2D eigenvalue weighted by atomic mass is 9.90. The second-order valence-corrected chi connectivity index (χ2v) is 7.27. The number of ether oxygens (including phenoxy) is 3. The van der Waals surface area contributed by atoms with E-state index in [0.29, 0.717) is 11.4 Å². The van der Waals surface area contributed by atoms with Gasteiger partial charge in [-0.3, -0.25) is 4.79 Å². The highest BCUT2D eigenvalue weighted by molar-refractivity contribution is 5.96. The van der Waals surface area contributed by atoms with Crippen molar-refractivity contribution in [2.45, 2.75) is 26.3 Å². The van der Waals surface area contributed by atoms with Crippen molar-refractivity contribution in [2.75, 3.05) is 25.6 Å². The van der Waals surface area contributed by atoms with Gasteiger partial charge in [0.1, 0.15) is 5.75 Å². The average Bonchev–Trinajstić information content (AvgIpc) is 2.69. The molecule has 3 rings (SSSR count). The van der Waals surface area contributed by atoms with Gasteiger partial charge in [0, 0.05) is 11.3 Å². The van der Waals surface area contributed by atoms with Gasteiger partial charge in [-0.05, 0) is 49.7 Å². The summed E-state index contributed by atoms with van der Waals surface area (Å²) in [5, 5.41) is 2.85. The Bertz CT molecular complexity index is 890. The topological polar surface area (TPSA) is 56.8 Å². The fourth-order valence-electron chi connectivity index (χ4n) is 2.97. The van der Waals surface area contributed by atoms with Crippen LogP contribution in [0.2, 0.25) is 0 Å². The Morgan fingerprint density at radius 2 is 1.86 bits per heavy atom. The van der Waals surface area contributed by atoms with Crippen LogP contribution in [0.25, 0.3) is 0 Å². The number of amides is 1. The van der Waals surface area contributed by atoms with Crippen LogP contribution in [0.5, 0.6) is 5.75 Å². The molecule has 156 valence electrons. The normalized spacial score (nSPS) is 22.2. The van der Waals surface area contributed by atoms with E-state index in [2.05, 4.69) is 5.32 Å². The number of halogens is 3. The molecule has 1 heterocycles. The summed E-state index contributed by atoms with van der Waals surface area (Å²) in [7, 11) is 1.56. The van der Waals surface area contributed by atoms with E-state index >= 15 is 0 Å². The largest absolute Gasteiger partial charge is 0.497 e. The standard InChI is InChI=1S/C21H22F3NO4/c1-13-9-16(27-3)7-8-17(13)25-19(26)20(2)11-28-18(29-12-20)14-5-4-6-15(10-14)21(22,23)24/h4-10,18H,11-12H2,1-3H3,(H,25,26). The van der Waals surface area contributed by atoms with Gasteiger partial charge in [-0.1, -0.05) is 12.1 Å². The first-order chi connectivity index (χ1) is 13.6. The zero-order valence-electron chi connectivity index (χ0n) is 16.3. The number of alkyl halides is 3. The van der Waals surface area contributed by atoms with Crippen molar-refractivity contribution in [3.63, 3.8) is 0 Å². The second-order valence-electron chi connectivity index (χ2n) is 7.27. The molecular formula is C21H22F3NO4. The van der Waals surface area contributed by atoms with Gasteiger partial charge in [0.05, 0.1) is 31.3 Å². The van der Waals surface area contributed by atoms with Gasteiger partial charge >= 0.3 is 6.18 Å².